The van der Waals surface area contributed by atoms with Crippen molar-refractivity contribution in [2.24, 2.45) is 5.73 Å². The average molecular weight is 243 g/mol. The summed E-state index contributed by atoms with van der Waals surface area (Å²) in [6.07, 6.45) is 3.31. The number of unbranched alkanes of at least 4 members (excludes halogenated alkanes) is 1. The maximum Gasteiger partial charge on any atom is 0.124 e. The molecule has 0 aliphatic carbocycles. The molecule has 2 heteroatoms. The lowest BCUT2D eigenvalue weighted by Gasteiger charge is -2.18. The number of fused-ring (bicyclic) bond motifs is 1. The SMILES string of the molecule is CCCC[C@@H](N)c1c(OC)ccc2ccccc12. The molecular weight excluding hydrogens is 222 g/mol. The van der Waals surface area contributed by atoms with Crippen molar-refractivity contribution in [3.8, 4) is 5.75 Å². The van der Waals surface area contributed by atoms with E-state index in [1.807, 2.05) is 6.07 Å². The Bertz CT molecular complexity index is 521. The Morgan fingerprint density at radius 1 is 1.17 bits per heavy atom. The quantitative estimate of drug-likeness (QED) is 0.860. The van der Waals surface area contributed by atoms with Gasteiger partial charge in [-0.05, 0) is 23.3 Å². The summed E-state index contributed by atoms with van der Waals surface area (Å²) < 4.78 is 5.47. The van der Waals surface area contributed by atoms with Gasteiger partial charge in [-0.2, -0.15) is 0 Å². The summed E-state index contributed by atoms with van der Waals surface area (Å²) >= 11 is 0. The lowest BCUT2D eigenvalue weighted by Crippen LogP contribution is -2.12. The number of hydrogen-bond acceptors (Lipinski definition) is 2. The Morgan fingerprint density at radius 2 is 1.94 bits per heavy atom. The number of nitrogens with two attached hydrogens (primary N) is 1. The Balaban J connectivity index is 2.50. The number of ether oxygens (including phenoxy) is 1. The van der Waals surface area contributed by atoms with Crippen molar-refractivity contribution in [1.82, 2.24) is 0 Å². The molecule has 0 spiro atoms. The second kappa shape index (κ2) is 5.87. The number of rotatable bonds is 5. The van der Waals surface area contributed by atoms with Gasteiger partial charge in [-0.1, -0.05) is 50.1 Å². The maximum absolute atomic E-state index is 6.34. The van der Waals surface area contributed by atoms with Crippen LogP contribution >= 0.6 is 0 Å². The molecule has 2 N–H and O–H groups in total. The zero-order valence-electron chi connectivity index (χ0n) is 11.1. The molecule has 0 aromatic heterocycles. The molecule has 2 aromatic carbocycles. The predicted octanol–water partition coefficient (Wildman–Crippen LogP) is 4.04. The highest BCUT2D eigenvalue weighted by Gasteiger charge is 2.14. The van der Waals surface area contributed by atoms with E-state index in [-0.39, 0.29) is 6.04 Å². The highest BCUT2D eigenvalue weighted by atomic mass is 16.5. The van der Waals surface area contributed by atoms with Crippen molar-refractivity contribution < 1.29 is 4.74 Å². The van der Waals surface area contributed by atoms with Gasteiger partial charge in [0.25, 0.3) is 0 Å². The molecular formula is C16H21NO. The smallest absolute Gasteiger partial charge is 0.124 e. The van der Waals surface area contributed by atoms with Crippen LogP contribution in [0.1, 0.15) is 37.8 Å². The van der Waals surface area contributed by atoms with Crippen LogP contribution in [0.4, 0.5) is 0 Å². The molecule has 0 amide bonds. The van der Waals surface area contributed by atoms with E-state index < -0.39 is 0 Å². The summed E-state index contributed by atoms with van der Waals surface area (Å²) in [7, 11) is 1.71. The van der Waals surface area contributed by atoms with Gasteiger partial charge < -0.3 is 10.5 Å². The van der Waals surface area contributed by atoms with E-state index in [2.05, 4.69) is 37.3 Å². The van der Waals surface area contributed by atoms with Crippen molar-refractivity contribution in [2.45, 2.75) is 32.2 Å². The molecule has 0 saturated carbocycles. The molecule has 96 valence electrons. The molecule has 0 heterocycles. The monoisotopic (exact) mass is 243 g/mol. The van der Waals surface area contributed by atoms with E-state index in [0.29, 0.717) is 0 Å². The first-order chi connectivity index (χ1) is 8.77. The van der Waals surface area contributed by atoms with Crippen LogP contribution < -0.4 is 10.5 Å². The van der Waals surface area contributed by atoms with Crippen molar-refractivity contribution >= 4 is 10.8 Å². The van der Waals surface area contributed by atoms with Gasteiger partial charge in [0.2, 0.25) is 0 Å². The van der Waals surface area contributed by atoms with Crippen LogP contribution in [0.5, 0.6) is 5.75 Å². The third kappa shape index (κ3) is 2.49. The Morgan fingerprint density at radius 3 is 2.67 bits per heavy atom. The van der Waals surface area contributed by atoms with E-state index >= 15 is 0 Å². The van der Waals surface area contributed by atoms with Crippen molar-refractivity contribution in [3.05, 3.63) is 42.0 Å². The van der Waals surface area contributed by atoms with Gasteiger partial charge >= 0.3 is 0 Å². The molecule has 0 aliphatic rings. The van der Waals surface area contributed by atoms with Gasteiger partial charge in [0.05, 0.1) is 7.11 Å². The lowest BCUT2D eigenvalue weighted by atomic mass is 9.95. The van der Waals surface area contributed by atoms with E-state index in [4.69, 9.17) is 10.5 Å². The molecule has 2 rings (SSSR count). The van der Waals surface area contributed by atoms with E-state index in [9.17, 15) is 0 Å². The molecule has 0 radical (unpaired) electrons. The van der Waals surface area contributed by atoms with Crippen LogP contribution in [-0.2, 0) is 0 Å². The van der Waals surface area contributed by atoms with Crippen LogP contribution in [0.2, 0.25) is 0 Å². The number of benzene rings is 2. The lowest BCUT2D eigenvalue weighted by molar-refractivity contribution is 0.404. The van der Waals surface area contributed by atoms with Gasteiger partial charge in [-0.25, -0.2) is 0 Å². The summed E-state index contributed by atoms with van der Waals surface area (Å²) in [6, 6.07) is 12.5. The molecule has 0 fully saturated rings. The zero-order chi connectivity index (χ0) is 13.0. The van der Waals surface area contributed by atoms with Gasteiger partial charge in [-0.15, -0.1) is 0 Å². The van der Waals surface area contributed by atoms with Crippen LogP contribution in [0.3, 0.4) is 0 Å². The largest absolute Gasteiger partial charge is 0.496 e. The number of hydrogen-bond donors (Lipinski definition) is 1. The normalized spacial score (nSPS) is 12.6. The molecule has 1 atom stereocenters. The summed E-state index contributed by atoms with van der Waals surface area (Å²) in [5.41, 5.74) is 7.49. The minimum absolute atomic E-state index is 0.0472. The van der Waals surface area contributed by atoms with Crippen molar-refractivity contribution in [2.75, 3.05) is 7.11 Å². The minimum atomic E-state index is 0.0472. The average Bonchev–Trinajstić information content (AvgIpc) is 2.43. The Hall–Kier alpha value is -1.54. The molecule has 2 aromatic rings. The molecule has 0 bridgehead atoms. The summed E-state index contributed by atoms with van der Waals surface area (Å²) in [5, 5.41) is 2.43. The van der Waals surface area contributed by atoms with Gasteiger partial charge in [-0.3, -0.25) is 0 Å². The minimum Gasteiger partial charge on any atom is -0.496 e. The fourth-order valence-corrected chi connectivity index (χ4v) is 2.40. The van der Waals surface area contributed by atoms with Crippen LogP contribution in [0, 0.1) is 0 Å². The maximum atomic E-state index is 6.34. The second-order valence-corrected chi connectivity index (χ2v) is 4.65. The summed E-state index contributed by atoms with van der Waals surface area (Å²) in [6.45, 7) is 2.19. The standard InChI is InChI=1S/C16H21NO/c1-3-4-9-14(17)16-13-8-6-5-7-12(13)10-11-15(16)18-2/h5-8,10-11,14H,3-4,9,17H2,1-2H3/t14-/m1/s1. The zero-order valence-corrected chi connectivity index (χ0v) is 11.1. The van der Waals surface area contributed by atoms with E-state index in [1.54, 1.807) is 7.11 Å². The predicted molar refractivity (Wildman–Crippen MR) is 77.0 cm³/mol. The summed E-state index contributed by atoms with van der Waals surface area (Å²) in [5.74, 6) is 0.900. The highest BCUT2D eigenvalue weighted by molar-refractivity contribution is 5.88. The summed E-state index contributed by atoms with van der Waals surface area (Å²) in [4.78, 5) is 0. The van der Waals surface area contributed by atoms with Crippen molar-refractivity contribution in [1.29, 1.82) is 0 Å². The van der Waals surface area contributed by atoms with Crippen LogP contribution in [0.25, 0.3) is 10.8 Å². The first-order valence-electron chi connectivity index (χ1n) is 6.59. The molecule has 18 heavy (non-hydrogen) atoms. The molecule has 0 aliphatic heterocycles. The first kappa shape index (κ1) is 12.9. The third-order valence-electron chi connectivity index (χ3n) is 3.39. The second-order valence-electron chi connectivity index (χ2n) is 4.65. The highest BCUT2D eigenvalue weighted by Crippen LogP contribution is 2.33. The molecule has 0 saturated heterocycles. The first-order valence-corrected chi connectivity index (χ1v) is 6.59. The topological polar surface area (TPSA) is 35.2 Å². The van der Waals surface area contributed by atoms with Crippen LogP contribution in [-0.4, -0.2) is 7.11 Å². The molecule has 0 unspecified atom stereocenters. The number of methoxy groups -OCH3 is 1. The van der Waals surface area contributed by atoms with Gasteiger partial charge in [0.15, 0.2) is 0 Å². The van der Waals surface area contributed by atoms with Crippen molar-refractivity contribution in [3.63, 3.8) is 0 Å². The Kier molecular flexibility index (Phi) is 4.21. The molecule has 2 nitrogen and oxygen atoms in total. The third-order valence-corrected chi connectivity index (χ3v) is 3.39. The fourth-order valence-electron chi connectivity index (χ4n) is 2.40. The van der Waals surface area contributed by atoms with Crippen LogP contribution in [0.15, 0.2) is 36.4 Å². The fraction of sp³-hybridized carbons (Fsp3) is 0.375. The van der Waals surface area contributed by atoms with E-state index in [1.165, 1.54) is 17.2 Å². The van der Waals surface area contributed by atoms with Gasteiger partial charge in [0.1, 0.15) is 5.75 Å². The Labute approximate surface area is 109 Å². The van der Waals surface area contributed by atoms with E-state index in [0.717, 1.165) is 24.2 Å². The van der Waals surface area contributed by atoms with Gasteiger partial charge in [0, 0.05) is 11.6 Å².